The Labute approximate surface area is 186 Å². The maximum Gasteiger partial charge on any atom is 0.344 e. The molecule has 1 heterocycles. The smallest absolute Gasteiger partial charge is 0.344 e. The van der Waals surface area contributed by atoms with Crippen molar-refractivity contribution in [3.63, 3.8) is 0 Å². The number of hydrogen-bond donors (Lipinski definition) is 0. The van der Waals surface area contributed by atoms with Gasteiger partial charge < -0.3 is 19.1 Å². The van der Waals surface area contributed by atoms with Crippen LogP contribution in [0.15, 0.2) is 36.4 Å². The molecule has 0 fully saturated rings. The lowest BCUT2D eigenvalue weighted by Gasteiger charge is -2.17. The number of Topliss-reactive ketones (excluding diaryl/α,β-unsaturated/α-hetero) is 1. The minimum absolute atomic E-state index is 0.124. The molecule has 2 aromatic rings. The second-order valence-corrected chi connectivity index (χ2v) is 7.17. The lowest BCUT2D eigenvalue weighted by atomic mass is 10.1. The number of amides is 1. The Morgan fingerprint density at radius 1 is 1.12 bits per heavy atom. The minimum Gasteiger partial charge on any atom is -0.493 e. The Kier molecular flexibility index (Phi) is 7.45. The molecule has 0 atom stereocenters. The summed E-state index contributed by atoms with van der Waals surface area (Å²) in [5.41, 5.74) is 2.02. The number of rotatable bonds is 10. The average Bonchev–Trinajstić information content (AvgIpc) is 3.10. The largest absolute Gasteiger partial charge is 0.493 e. The van der Waals surface area contributed by atoms with Crippen molar-refractivity contribution in [1.82, 2.24) is 4.90 Å². The van der Waals surface area contributed by atoms with Crippen molar-refractivity contribution < 1.29 is 28.6 Å². The van der Waals surface area contributed by atoms with Crippen molar-refractivity contribution in [2.75, 3.05) is 26.4 Å². The van der Waals surface area contributed by atoms with Crippen LogP contribution in [-0.2, 0) is 16.1 Å². The minimum atomic E-state index is -0.490. The monoisotopic (exact) mass is 436 g/mol. The summed E-state index contributed by atoms with van der Waals surface area (Å²) in [5.74, 6) is -0.322. The van der Waals surface area contributed by atoms with E-state index in [0.717, 1.165) is 12.0 Å². The van der Waals surface area contributed by atoms with Crippen LogP contribution in [0.1, 0.15) is 52.1 Å². The van der Waals surface area contributed by atoms with Crippen LogP contribution in [-0.4, -0.2) is 48.9 Å². The number of esters is 1. The lowest BCUT2D eigenvalue weighted by molar-refractivity contribution is -0.145. The predicted octanol–water partition coefficient (Wildman–Crippen LogP) is 3.13. The van der Waals surface area contributed by atoms with Gasteiger partial charge in [-0.3, -0.25) is 9.59 Å². The summed E-state index contributed by atoms with van der Waals surface area (Å²) in [6, 6.07) is 11.6. The SMILES string of the molecule is CCCOc1cc(OCC(=O)OCC)ccc1C(=O)CN1Cc2cc(C#N)ccc2C1=O. The maximum absolute atomic E-state index is 13.0. The summed E-state index contributed by atoms with van der Waals surface area (Å²) in [7, 11) is 0. The van der Waals surface area contributed by atoms with Crippen molar-refractivity contribution in [2.24, 2.45) is 0 Å². The molecule has 1 aliphatic heterocycles. The Morgan fingerprint density at radius 2 is 1.94 bits per heavy atom. The third-order valence-electron chi connectivity index (χ3n) is 4.82. The van der Waals surface area contributed by atoms with E-state index in [1.54, 1.807) is 43.3 Å². The van der Waals surface area contributed by atoms with Gasteiger partial charge in [0, 0.05) is 18.2 Å². The first-order valence-corrected chi connectivity index (χ1v) is 10.4. The van der Waals surface area contributed by atoms with Gasteiger partial charge in [-0.1, -0.05) is 6.92 Å². The molecule has 0 spiro atoms. The van der Waals surface area contributed by atoms with Crippen LogP contribution in [0.2, 0.25) is 0 Å². The highest BCUT2D eigenvalue weighted by Gasteiger charge is 2.30. The summed E-state index contributed by atoms with van der Waals surface area (Å²) < 4.78 is 16.0. The number of nitriles is 1. The molecule has 8 heteroatoms. The molecule has 0 unspecified atom stereocenters. The van der Waals surface area contributed by atoms with E-state index in [0.29, 0.717) is 34.8 Å². The van der Waals surface area contributed by atoms with Gasteiger partial charge in [-0.05, 0) is 49.2 Å². The fourth-order valence-electron chi connectivity index (χ4n) is 3.34. The summed E-state index contributed by atoms with van der Waals surface area (Å²) in [6.45, 7) is 4.20. The van der Waals surface area contributed by atoms with Crippen LogP contribution in [0.4, 0.5) is 0 Å². The molecular formula is C24H24N2O6. The summed E-state index contributed by atoms with van der Waals surface area (Å²) in [4.78, 5) is 38.7. The van der Waals surface area contributed by atoms with Gasteiger partial charge in [-0.2, -0.15) is 5.26 Å². The van der Waals surface area contributed by atoms with E-state index in [2.05, 4.69) is 6.07 Å². The van der Waals surface area contributed by atoms with Gasteiger partial charge in [0.25, 0.3) is 5.91 Å². The summed E-state index contributed by atoms with van der Waals surface area (Å²) in [5, 5.41) is 9.06. The van der Waals surface area contributed by atoms with E-state index in [-0.39, 0.29) is 38.0 Å². The Hall–Kier alpha value is -3.86. The number of hydrogen-bond acceptors (Lipinski definition) is 7. The van der Waals surface area contributed by atoms with E-state index in [4.69, 9.17) is 19.5 Å². The van der Waals surface area contributed by atoms with Crippen LogP contribution < -0.4 is 9.47 Å². The zero-order chi connectivity index (χ0) is 23.1. The predicted molar refractivity (Wildman–Crippen MR) is 115 cm³/mol. The molecule has 2 aromatic carbocycles. The fourth-order valence-corrected chi connectivity index (χ4v) is 3.34. The third kappa shape index (κ3) is 5.24. The zero-order valence-electron chi connectivity index (χ0n) is 18.1. The number of ether oxygens (including phenoxy) is 3. The maximum atomic E-state index is 13.0. The van der Waals surface area contributed by atoms with Gasteiger partial charge >= 0.3 is 5.97 Å². The van der Waals surface area contributed by atoms with Crippen LogP contribution >= 0.6 is 0 Å². The second kappa shape index (κ2) is 10.4. The van der Waals surface area contributed by atoms with Crippen LogP contribution in [0.3, 0.4) is 0 Å². The van der Waals surface area contributed by atoms with Crippen molar-refractivity contribution >= 4 is 17.7 Å². The molecule has 0 saturated heterocycles. The third-order valence-corrected chi connectivity index (χ3v) is 4.82. The van der Waals surface area contributed by atoms with Crippen molar-refractivity contribution in [3.8, 4) is 17.6 Å². The highest BCUT2D eigenvalue weighted by molar-refractivity contribution is 6.05. The molecule has 3 rings (SSSR count). The van der Waals surface area contributed by atoms with Gasteiger partial charge in [0.2, 0.25) is 0 Å². The van der Waals surface area contributed by atoms with E-state index in [1.165, 1.54) is 4.90 Å². The molecule has 1 aliphatic rings. The van der Waals surface area contributed by atoms with Crippen molar-refractivity contribution in [3.05, 3.63) is 58.7 Å². The van der Waals surface area contributed by atoms with Crippen LogP contribution in [0.25, 0.3) is 0 Å². The molecule has 166 valence electrons. The number of benzene rings is 2. The fraction of sp³-hybridized carbons (Fsp3) is 0.333. The molecule has 0 aromatic heterocycles. The number of fused-ring (bicyclic) bond motifs is 1. The Bertz CT molecular complexity index is 1070. The topological polar surface area (TPSA) is 106 Å². The summed E-state index contributed by atoms with van der Waals surface area (Å²) >= 11 is 0. The molecule has 0 radical (unpaired) electrons. The highest BCUT2D eigenvalue weighted by Crippen LogP contribution is 2.28. The van der Waals surface area contributed by atoms with Gasteiger partial charge in [0.1, 0.15) is 11.5 Å². The number of carbonyl (C=O) groups excluding carboxylic acids is 3. The van der Waals surface area contributed by atoms with Gasteiger partial charge in [0.15, 0.2) is 12.4 Å². The van der Waals surface area contributed by atoms with Crippen molar-refractivity contribution in [1.29, 1.82) is 5.26 Å². The molecule has 0 saturated carbocycles. The molecule has 0 bridgehead atoms. The standard InChI is InChI=1S/C24H24N2O6/c1-3-9-31-22-11-18(32-15-23(28)30-4-2)6-8-20(22)21(27)14-26-13-17-10-16(12-25)5-7-19(17)24(26)29/h5-8,10-11H,3-4,9,13-15H2,1-2H3. The van der Waals surface area contributed by atoms with E-state index in [1.807, 2.05) is 6.92 Å². The second-order valence-electron chi connectivity index (χ2n) is 7.17. The van der Waals surface area contributed by atoms with Gasteiger partial charge in [-0.15, -0.1) is 0 Å². The van der Waals surface area contributed by atoms with Crippen molar-refractivity contribution in [2.45, 2.75) is 26.8 Å². The first-order valence-electron chi connectivity index (χ1n) is 10.4. The van der Waals surface area contributed by atoms with Gasteiger partial charge in [0.05, 0.1) is 37.0 Å². The normalized spacial score (nSPS) is 12.2. The number of carbonyl (C=O) groups is 3. The number of ketones is 1. The lowest BCUT2D eigenvalue weighted by Crippen LogP contribution is -2.30. The van der Waals surface area contributed by atoms with Gasteiger partial charge in [-0.25, -0.2) is 4.79 Å². The first-order chi connectivity index (χ1) is 15.5. The molecule has 1 amide bonds. The van der Waals surface area contributed by atoms with E-state index in [9.17, 15) is 14.4 Å². The Balaban J connectivity index is 1.74. The molecule has 0 N–H and O–H groups in total. The zero-order valence-corrected chi connectivity index (χ0v) is 18.1. The van der Waals surface area contributed by atoms with E-state index < -0.39 is 5.97 Å². The molecule has 32 heavy (non-hydrogen) atoms. The highest BCUT2D eigenvalue weighted by atomic mass is 16.6. The quantitative estimate of drug-likeness (QED) is 0.416. The molecule has 8 nitrogen and oxygen atoms in total. The molecule has 0 aliphatic carbocycles. The number of nitrogens with zero attached hydrogens (tertiary/aromatic N) is 2. The van der Waals surface area contributed by atoms with E-state index >= 15 is 0 Å². The molecular weight excluding hydrogens is 412 g/mol. The summed E-state index contributed by atoms with van der Waals surface area (Å²) in [6.07, 6.45) is 0.739. The van der Waals surface area contributed by atoms with Crippen LogP contribution in [0.5, 0.6) is 11.5 Å². The first kappa shape index (κ1) is 22.8. The average molecular weight is 436 g/mol. The van der Waals surface area contributed by atoms with Crippen LogP contribution in [0, 0.1) is 11.3 Å². The Morgan fingerprint density at radius 3 is 2.66 bits per heavy atom.